The standard InChI is InChI=1S/C14H27N/c1-12-8-13(2)10-14(9-12)11-15-6-4-3-5-7-15/h12-14H,3-11H2,1-2H3. The van der Waals surface area contributed by atoms with Crippen LogP contribution in [-0.4, -0.2) is 24.5 Å². The molecular formula is C14H27N. The van der Waals surface area contributed by atoms with E-state index in [9.17, 15) is 0 Å². The first-order chi connectivity index (χ1) is 7.24. The minimum absolute atomic E-state index is 0.976. The Hall–Kier alpha value is -0.0400. The smallest absolute Gasteiger partial charge is 0.000986 e. The molecule has 0 spiro atoms. The van der Waals surface area contributed by atoms with Crippen molar-refractivity contribution in [1.82, 2.24) is 4.90 Å². The molecular weight excluding hydrogens is 182 g/mol. The molecule has 2 unspecified atom stereocenters. The minimum Gasteiger partial charge on any atom is -0.303 e. The molecule has 0 aromatic carbocycles. The van der Waals surface area contributed by atoms with Crippen LogP contribution in [0.15, 0.2) is 0 Å². The van der Waals surface area contributed by atoms with Gasteiger partial charge in [-0.1, -0.05) is 20.3 Å². The van der Waals surface area contributed by atoms with Gasteiger partial charge in [0.1, 0.15) is 0 Å². The van der Waals surface area contributed by atoms with Crippen LogP contribution in [0.3, 0.4) is 0 Å². The van der Waals surface area contributed by atoms with Gasteiger partial charge in [-0.3, -0.25) is 0 Å². The first-order valence-electron chi connectivity index (χ1n) is 6.96. The van der Waals surface area contributed by atoms with Crippen molar-refractivity contribution < 1.29 is 0 Å². The molecule has 88 valence electrons. The average molecular weight is 209 g/mol. The molecule has 2 atom stereocenters. The van der Waals surface area contributed by atoms with Gasteiger partial charge in [0.15, 0.2) is 0 Å². The second-order valence-corrected chi connectivity index (χ2v) is 6.14. The summed E-state index contributed by atoms with van der Waals surface area (Å²) in [6.07, 6.45) is 8.79. The fourth-order valence-corrected chi connectivity index (χ4v) is 3.77. The Morgan fingerprint density at radius 3 is 2.07 bits per heavy atom. The van der Waals surface area contributed by atoms with E-state index in [1.165, 1.54) is 58.2 Å². The second-order valence-electron chi connectivity index (χ2n) is 6.14. The lowest BCUT2D eigenvalue weighted by Gasteiger charge is -2.36. The molecule has 1 nitrogen and oxygen atoms in total. The first kappa shape index (κ1) is 11.4. The lowest BCUT2D eigenvalue weighted by atomic mass is 9.76. The molecule has 1 heterocycles. The molecule has 2 fully saturated rings. The number of hydrogen-bond acceptors (Lipinski definition) is 1. The van der Waals surface area contributed by atoms with Crippen molar-refractivity contribution in [3.8, 4) is 0 Å². The summed E-state index contributed by atoms with van der Waals surface area (Å²) in [5.41, 5.74) is 0. The molecule has 1 aliphatic carbocycles. The number of piperidine rings is 1. The van der Waals surface area contributed by atoms with Crippen molar-refractivity contribution in [3.63, 3.8) is 0 Å². The maximum Gasteiger partial charge on any atom is 0.000986 e. The second kappa shape index (κ2) is 5.34. The molecule has 0 bridgehead atoms. The third-order valence-electron chi connectivity index (χ3n) is 4.24. The monoisotopic (exact) mass is 209 g/mol. The highest BCUT2D eigenvalue weighted by atomic mass is 15.1. The van der Waals surface area contributed by atoms with Crippen molar-refractivity contribution in [1.29, 1.82) is 0 Å². The molecule has 0 aromatic rings. The van der Waals surface area contributed by atoms with Crippen molar-refractivity contribution in [3.05, 3.63) is 0 Å². The Balaban J connectivity index is 1.77. The van der Waals surface area contributed by atoms with E-state index in [1.807, 2.05) is 0 Å². The zero-order valence-corrected chi connectivity index (χ0v) is 10.5. The van der Waals surface area contributed by atoms with Gasteiger partial charge in [0.2, 0.25) is 0 Å². The highest BCUT2D eigenvalue weighted by Crippen LogP contribution is 2.33. The molecule has 0 aromatic heterocycles. The zero-order valence-electron chi connectivity index (χ0n) is 10.5. The van der Waals surface area contributed by atoms with Gasteiger partial charge in [-0.15, -0.1) is 0 Å². The van der Waals surface area contributed by atoms with Crippen LogP contribution in [-0.2, 0) is 0 Å². The average Bonchev–Trinajstić information content (AvgIpc) is 2.17. The Morgan fingerprint density at radius 1 is 0.867 bits per heavy atom. The van der Waals surface area contributed by atoms with E-state index in [0.29, 0.717) is 0 Å². The van der Waals surface area contributed by atoms with E-state index in [4.69, 9.17) is 0 Å². The van der Waals surface area contributed by atoms with E-state index < -0.39 is 0 Å². The molecule has 2 aliphatic rings. The summed E-state index contributed by atoms with van der Waals surface area (Å²) in [5.74, 6) is 2.95. The SMILES string of the molecule is CC1CC(C)CC(CN2CCCCC2)C1. The van der Waals surface area contributed by atoms with Crippen LogP contribution in [0.25, 0.3) is 0 Å². The maximum atomic E-state index is 2.72. The molecule has 0 amide bonds. The van der Waals surface area contributed by atoms with Crippen LogP contribution in [0.1, 0.15) is 52.4 Å². The first-order valence-corrected chi connectivity index (χ1v) is 6.96. The predicted octanol–water partition coefficient (Wildman–Crippen LogP) is 3.54. The highest BCUT2D eigenvalue weighted by molar-refractivity contribution is 4.78. The van der Waals surface area contributed by atoms with Crippen LogP contribution in [0.2, 0.25) is 0 Å². The summed E-state index contributed by atoms with van der Waals surface area (Å²) in [6, 6.07) is 0. The fourth-order valence-electron chi connectivity index (χ4n) is 3.77. The van der Waals surface area contributed by atoms with Crippen LogP contribution in [0.5, 0.6) is 0 Å². The number of likely N-dealkylation sites (tertiary alicyclic amines) is 1. The Kier molecular flexibility index (Phi) is 4.07. The van der Waals surface area contributed by atoms with Gasteiger partial charge in [0, 0.05) is 6.54 Å². The fraction of sp³-hybridized carbons (Fsp3) is 1.00. The summed E-state index contributed by atoms with van der Waals surface area (Å²) in [7, 11) is 0. The van der Waals surface area contributed by atoms with Gasteiger partial charge in [0.05, 0.1) is 0 Å². The summed E-state index contributed by atoms with van der Waals surface area (Å²) in [5, 5.41) is 0. The zero-order chi connectivity index (χ0) is 10.7. The molecule has 1 aliphatic heterocycles. The number of nitrogens with zero attached hydrogens (tertiary/aromatic N) is 1. The van der Waals surface area contributed by atoms with Crippen LogP contribution < -0.4 is 0 Å². The molecule has 0 N–H and O–H groups in total. The highest BCUT2D eigenvalue weighted by Gasteiger charge is 2.25. The van der Waals surface area contributed by atoms with Crippen LogP contribution in [0.4, 0.5) is 0 Å². The van der Waals surface area contributed by atoms with E-state index in [1.54, 1.807) is 0 Å². The van der Waals surface area contributed by atoms with E-state index in [2.05, 4.69) is 18.7 Å². The van der Waals surface area contributed by atoms with Gasteiger partial charge in [-0.05, 0) is 62.9 Å². The Bertz CT molecular complexity index is 174. The van der Waals surface area contributed by atoms with Crippen molar-refractivity contribution in [2.45, 2.75) is 52.4 Å². The Labute approximate surface area is 95.2 Å². The third-order valence-corrected chi connectivity index (χ3v) is 4.24. The van der Waals surface area contributed by atoms with Gasteiger partial charge >= 0.3 is 0 Å². The molecule has 0 radical (unpaired) electrons. The van der Waals surface area contributed by atoms with Gasteiger partial charge in [-0.2, -0.15) is 0 Å². The van der Waals surface area contributed by atoms with Crippen LogP contribution in [0, 0.1) is 17.8 Å². The van der Waals surface area contributed by atoms with Crippen molar-refractivity contribution in [2.24, 2.45) is 17.8 Å². The predicted molar refractivity (Wildman–Crippen MR) is 66.0 cm³/mol. The van der Waals surface area contributed by atoms with Gasteiger partial charge in [0.25, 0.3) is 0 Å². The molecule has 2 rings (SSSR count). The molecule has 15 heavy (non-hydrogen) atoms. The largest absolute Gasteiger partial charge is 0.303 e. The number of rotatable bonds is 2. The van der Waals surface area contributed by atoms with Gasteiger partial charge in [-0.25, -0.2) is 0 Å². The lowest BCUT2D eigenvalue weighted by molar-refractivity contribution is 0.137. The summed E-state index contributed by atoms with van der Waals surface area (Å²) in [4.78, 5) is 2.72. The van der Waals surface area contributed by atoms with Crippen molar-refractivity contribution >= 4 is 0 Å². The van der Waals surface area contributed by atoms with Crippen molar-refractivity contribution in [2.75, 3.05) is 19.6 Å². The third kappa shape index (κ3) is 3.48. The van der Waals surface area contributed by atoms with E-state index in [0.717, 1.165) is 17.8 Å². The lowest BCUT2D eigenvalue weighted by Crippen LogP contribution is -2.36. The van der Waals surface area contributed by atoms with E-state index in [-0.39, 0.29) is 0 Å². The summed E-state index contributed by atoms with van der Waals surface area (Å²) in [6.45, 7) is 9.03. The number of hydrogen-bond donors (Lipinski definition) is 0. The Morgan fingerprint density at radius 2 is 1.47 bits per heavy atom. The molecule has 1 saturated heterocycles. The topological polar surface area (TPSA) is 3.24 Å². The summed E-state index contributed by atoms with van der Waals surface area (Å²) >= 11 is 0. The van der Waals surface area contributed by atoms with Gasteiger partial charge < -0.3 is 4.90 Å². The maximum absolute atomic E-state index is 2.72. The molecule has 1 saturated carbocycles. The summed E-state index contributed by atoms with van der Waals surface area (Å²) < 4.78 is 0. The van der Waals surface area contributed by atoms with Crippen LogP contribution >= 0.6 is 0 Å². The van der Waals surface area contributed by atoms with E-state index >= 15 is 0 Å². The normalized spacial score (nSPS) is 39.2. The minimum atomic E-state index is 0.976. The quantitative estimate of drug-likeness (QED) is 0.672. The molecule has 1 heteroatoms.